The number of carbonyl (C=O) groups excluding carboxylic acids is 1. The van der Waals surface area contributed by atoms with Gasteiger partial charge in [0.1, 0.15) is 0 Å². The molecule has 1 unspecified atom stereocenters. The number of fused-ring (bicyclic) bond motifs is 1. The molecule has 0 radical (unpaired) electrons. The highest BCUT2D eigenvalue weighted by Crippen LogP contribution is 2.24. The van der Waals surface area contributed by atoms with E-state index in [9.17, 15) is 13.2 Å². The van der Waals surface area contributed by atoms with Crippen molar-refractivity contribution >= 4 is 32.3 Å². The normalized spacial score (nSPS) is 24.2. The van der Waals surface area contributed by atoms with Crippen molar-refractivity contribution in [2.45, 2.75) is 18.9 Å². The van der Waals surface area contributed by atoms with Crippen LogP contribution in [0.3, 0.4) is 0 Å². The molecular weight excluding hydrogens is 292 g/mol. The number of rotatable bonds is 2. The Bertz CT molecular complexity index is 827. The first-order valence-electron chi connectivity index (χ1n) is 6.55. The zero-order chi connectivity index (χ0) is 15.3. The summed E-state index contributed by atoms with van der Waals surface area (Å²) in [6.07, 6.45) is 0.408. The van der Waals surface area contributed by atoms with Crippen LogP contribution in [0.15, 0.2) is 18.2 Å². The smallest absolute Gasteiger partial charge is 0.272 e. The molecule has 0 aliphatic carbocycles. The molecule has 0 saturated carbocycles. The number of nitrogens with zero attached hydrogens (tertiary/aromatic N) is 1. The fourth-order valence-electron chi connectivity index (χ4n) is 2.65. The van der Waals surface area contributed by atoms with E-state index in [1.807, 2.05) is 0 Å². The number of nitrogens with two attached hydrogens (primary N) is 1. The Labute approximate surface area is 121 Å². The van der Waals surface area contributed by atoms with E-state index in [-0.39, 0.29) is 17.2 Å². The van der Waals surface area contributed by atoms with Gasteiger partial charge in [0.2, 0.25) is 0 Å². The zero-order valence-corrected chi connectivity index (χ0v) is 12.3. The predicted molar refractivity (Wildman–Crippen MR) is 79.6 cm³/mol. The van der Waals surface area contributed by atoms with Gasteiger partial charge in [-0.25, -0.2) is 8.42 Å². The van der Waals surface area contributed by atoms with Crippen molar-refractivity contribution in [3.05, 3.63) is 23.9 Å². The Kier molecular flexibility index (Phi) is 2.94. The average Bonchev–Trinajstić information content (AvgIpc) is 2.90. The number of aromatic nitrogens is 2. The number of H-pyrrole nitrogens is 1. The first-order valence-corrected chi connectivity index (χ1v) is 8.37. The molecule has 8 heteroatoms. The highest BCUT2D eigenvalue weighted by atomic mass is 32.2. The molecule has 21 heavy (non-hydrogen) atoms. The molecule has 2 aromatic rings. The molecule has 4 N–H and O–H groups in total. The fourth-order valence-corrected chi connectivity index (χ4v) is 4.74. The monoisotopic (exact) mass is 308 g/mol. The van der Waals surface area contributed by atoms with Crippen molar-refractivity contribution < 1.29 is 13.2 Å². The molecule has 0 bridgehead atoms. The van der Waals surface area contributed by atoms with Crippen LogP contribution in [0, 0.1) is 0 Å². The zero-order valence-electron chi connectivity index (χ0n) is 11.5. The lowest BCUT2D eigenvalue weighted by atomic mass is 10.0. The molecule has 1 aliphatic rings. The minimum Gasteiger partial charge on any atom is -0.399 e. The summed E-state index contributed by atoms with van der Waals surface area (Å²) >= 11 is 0. The Morgan fingerprint density at radius 2 is 2.24 bits per heavy atom. The Balaban J connectivity index is 1.90. The van der Waals surface area contributed by atoms with Gasteiger partial charge in [0, 0.05) is 11.1 Å². The molecule has 112 valence electrons. The van der Waals surface area contributed by atoms with Gasteiger partial charge in [-0.2, -0.15) is 5.10 Å². The quantitative estimate of drug-likeness (QED) is 0.696. The number of hydrogen-bond donors (Lipinski definition) is 3. The number of aromatic amines is 1. The standard InChI is InChI=1S/C13H16N4O3S/c1-13(4-5-21(19,20)7-13)15-12(18)11-9-6-8(14)2-3-10(9)16-17-11/h2-3,6H,4-5,7,14H2,1H3,(H,15,18)(H,16,17). The van der Waals surface area contributed by atoms with Gasteiger partial charge in [0.25, 0.3) is 5.91 Å². The van der Waals surface area contributed by atoms with Gasteiger partial charge < -0.3 is 11.1 Å². The van der Waals surface area contributed by atoms with Gasteiger partial charge in [-0.1, -0.05) is 0 Å². The van der Waals surface area contributed by atoms with Crippen LogP contribution in [0.5, 0.6) is 0 Å². The maximum atomic E-state index is 12.4. The van der Waals surface area contributed by atoms with Crippen molar-refractivity contribution in [2.75, 3.05) is 17.2 Å². The SMILES string of the molecule is CC1(NC(=O)c2n[nH]c3ccc(N)cc23)CCS(=O)(=O)C1. The molecule has 7 nitrogen and oxygen atoms in total. The largest absolute Gasteiger partial charge is 0.399 e. The first kappa shape index (κ1) is 13.9. The van der Waals surface area contributed by atoms with Crippen LogP contribution >= 0.6 is 0 Å². The predicted octanol–water partition coefficient (Wildman–Crippen LogP) is 0.452. The molecule has 2 heterocycles. The molecule has 1 atom stereocenters. The number of hydrogen-bond acceptors (Lipinski definition) is 5. The number of amides is 1. The number of nitrogen functional groups attached to an aromatic ring is 1. The number of anilines is 1. The highest BCUT2D eigenvalue weighted by Gasteiger charge is 2.40. The van der Waals surface area contributed by atoms with E-state index in [0.717, 1.165) is 0 Å². The number of carbonyl (C=O) groups is 1. The van der Waals surface area contributed by atoms with Crippen LogP contribution in [-0.4, -0.2) is 41.6 Å². The van der Waals surface area contributed by atoms with Gasteiger partial charge in [0.05, 0.1) is 22.6 Å². The summed E-state index contributed by atoms with van der Waals surface area (Å²) < 4.78 is 23.2. The summed E-state index contributed by atoms with van der Waals surface area (Å²) in [6.45, 7) is 1.73. The van der Waals surface area contributed by atoms with Gasteiger partial charge in [-0.15, -0.1) is 0 Å². The highest BCUT2D eigenvalue weighted by molar-refractivity contribution is 7.91. The third-order valence-corrected chi connectivity index (χ3v) is 5.62. The van der Waals surface area contributed by atoms with Crippen LogP contribution in [0.2, 0.25) is 0 Å². The molecule has 1 fully saturated rings. The summed E-state index contributed by atoms with van der Waals surface area (Å²) in [4.78, 5) is 12.4. The molecule has 1 aromatic heterocycles. The van der Waals surface area contributed by atoms with Gasteiger partial charge in [-0.05, 0) is 31.5 Å². The van der Waals surface area contributed by atoms with E-state index in [0.29, 0.717) is 23.0 Å². The maximum Gasteiger partial charge on any atom is 0.272 e. The van der Waals surface area contributed by atoms with Crippen molar-refractivity contribution in [3.63, 3.8) is 0 Å². The lowest BCUT2D eigenvalue weighted by Crippen LogP contribution is -2.47. The van der Waals surface area contributed by atoms with Crippen molar-refractivity contribution in [2.24, 2.45) is 0 Å². The second-order valence-electron chi connectivity index (χ2n) is 5.73. The van der Waals surface area contributed by atoms with Gasteiger partial charge in [-0.3, -0.25) is 9.89 Å². The Hall–Kier alpha value is -2.09. The van der Waals surface area contributed by atoms with Crippen LogP contribution in [0.25, 0.3) is 10.9 Å². The number of nitrogens with one attached hydrogen (secondary N) is 2. The minimum absolute atomic E-state index is 0.0454. The molecule has 1 amide bonds. The van der Waals surface area contributed by atoms with Gasteiger partial charge >= 0.3 is 0 Å². The fraction of sp³-hybridized carbons (Fsp3) is 0.385. The van der Waals surface area contributed by atoms with Crippen molar-refractivity contribution in [3.8, 4) is 0 Å². The number of benzene rings is 1. The van der Waals surface area contributed by atoms with E-state index in [1.165, 1.54) is 0 Å². The summed E-state index contributed by atoms with van der Waals surface area (Å²) in [7, 11) is -3.08. The van der Waals surface area contributed by atoms with Crippen LogP contribution in [0.4, 0.5) is 5.69 Å². The van der Waals surface area contributed by atoms with E-state index in [2.05, 4.69) is 15.5 Å². The molecule has 0 spiro atoms. The third kappa shape index (κ3) is 2.58. The molecular formula is C13H16N4O3S. The van der Waals surface area contributed by atoms with E-state index >= 15 is 0 Å². The summed E-state index contributed by atoms with van der Waals surface area (Å²) in [6, 6.07) is 5.13. The Morgan fingerprint density at radius 3 is 2.90 bits per heavy atom. The summed E-state index contributed by atoms with van der Waals surface area (Å²) in [5.41, 5.74) is 6.44. The summed E-state index contributed by atoms with van der Waals surface area (Å²) in [5, 5.41) is 10.2. The van der Waals surface area contributed by atoms with E-state index in [1.54, 1.807) is 25.1 Å². The second kappa shape index (κ2) is 4.45. The maximum absolute atomic E-state index is 12.4. The van der Waals surface area contributed by atoms with Gasteiger partial charge in [0.15, 0.2) is 15.5 Å². The van der Waals surface area contributed by atoms with Crippen LogP contribution in [0.1, 0.15) is 23.8 Å². The van der Waals surface area contributed by atoms with Crippen LogP contribution in [-0.2, 0) is 9.84 Å². The molecule has 1 aliphatic heterocycles. The minimum atomic E-state index is -3.08. The molecule has 1 saturated heterocycles. The van der Waals surface area contributed by atoms with E-state index in [4.69, 9.17) is 5.73 Å². The Morgan fingerprint density at radius 1 is 1.48 bits per heavy atom. The average molecular weight is 308 g/mol. The lowest BCUT2D eigenvalue weighted by Gasteiger charge is -2.23. The summed E-state index contributed by atoms with van der Waals surface area (Å²) in [5.74, 6) is -0.347. The third-order valence-electron chi connectivity index (χ3n) is 3.72. The van der Waals surface area contributed by atoms with Crippen molar-refractivity contribution in [1.29, 1.82) is 0 Å². The first-order chi connectivity index (χ1) is 9.78. The topological polar surface area (TPSA) is 118 Å². The number of sulfone groups is 1. The molecule has 3 rings (SSSR count). The van der Waals surface area contributed by atoms with Crippen molar-refractivity contribution in [1.82, 2.24) is 15.5 Å². The van der Waals surface area contributed by atoms with Crippen LogP contribution < -0.4 is 11.1 Å². The molecule has 1 aromatic carbocycles. The second-order valence-corrected chi connectivity index (χ2v) is 7.92. The lowest BCUT2D eigenvalue weighted by molar-refractivity contribution is 0.0912. The van der Waals surface area contributed by atoms with E-state index < -0.39 is 21.3 Å².